The number of hydrogen-bond donors (Lipinski definition) is 0. The minimum absolute atomic E-state index is 0.208. The second-order valence-electron chi connectivity index (χ2n) is 4.81. The molecule has 0 bridgehead atoms. The van der Waals surface area contributed by atoms with Gasteiger partial charge < -0.3 is 14.2 Å². The maximum atomic E-state index is 11.9. The molecule has 0 aromatic heterocycles. The third-order valence-electron chi connectivity index (χ3n) is 3.62. The average Bonchev–Trinajstić information content (AvgIpc) is 2.93. The third kappa shape index (κ3) is 2.10. The molecule has 2 aliphatic rings. The molecule has 4 atom stereocenters. The van der Waals surface area contributed by atoms with Crippen LogP contribution in [0.3, 0.4) is 0 Å². The van der Waals surface area contributed by atoms with Gasteiger partial charge in [-0.3, -0.25) is 4.79 Å². The molecule has 0 spiro atoms. The van der Waals surface area contributed by atoms with Crippen molar-refractivity contribution in [3.8, 4) is 0 Å². The maximum Gasteiger partial charge on any atom is 0.340 e. The first-order chi connectivity index (χ1) is 9.16. The van der Waals surface area contributed by atoms with Gasteiger partial charge in [-0.05, 0) is 12.1 Å². The number of ether oxygens (including phenoxy) is 3. The van der Waals surface area contributed by atoms with E-state index in [1.54, 1.807) is 31.2 Å². The maximum absolute atomic E-state index is 11.9. The van der Waals surface area contributed by atoms with E-state index in [1.807, 2.05) is 6.07 Å². The summed E-state index contributed by atoms with van der Waals surface area (Å²) in [5.74, 6) is -1.21. The van der Waals surface area contributed by atoms with E-state index in [9.17, 15) is 9.59 Å². The van der Waals surface area contributed by atoms with Crippen molar-refractivity contribution in [1.29, 1.82) is 0 Å². The van der Waals surface area contributed by atoms with Crippen LogP contribution in [0.4, 0.5) is 0 Å². The summed E-state index contributed by atoms with van der Waals surface area (Å²) in [6, 6.07) is 8.70. The van der Waals surface area contributed by atoms with Crippen molar-refractivity contribution in [2.45, 2.75) is 19.3 Å². The zero-order chi connectivity index (χ0) is 13.4. The SMILES string of the molecule is CC1C(=O)O[C@H]2CO[C@@H](OC(=O)c3ccccc3)[C@H]12. The summed E-state index contributed by atoms with van der Waals surface area (Å²) in [5.41, 5.74) is 0.465. The van der Waals surface area contributed by atoms with Crippen LogP contribution in [0.25, 0.3) is 0 Å². The van der Waals surface area contributed by atoms with Gasteiger partial charge in [0.1, 0.15) is 6.10 Å². The highest BCUT2D eigenvalue weighted by atomic mass is 16.7. The molecule has 0 N–H and O–H groups in total. The monoisotopic (exact) mass is 262 g/mol. The molecule has 1 unspecified atom stereocenters. The number of carbonyl (C=O) groups is 2. The lowest BCUT2D eigenvalue weighted by Gasteiger charge is -2.18. The van der Waals surface area contributed by atoms with E-state index in [2.05, 4.69) is 0 Å². The van der Waals surface area contributed by atoms with Gasteiger partial charge in [0.2, 0.25) is 6.29 Å². The van der Waals surface area contributed by atoms with Crippen LogP contribution in [0.2, 0.25) is 0 Å². The predicted molar refractivity (Wildman–Crippen MR) is 64.1 cm³/mol. The highest BCUT2D eigenvalue weighted by Gasteiger charge is 2.52. The molecule has 5 heteroatoms. The molecule has 3 rings (SSSR count). The Labute approximate surface area is 110 Å². The molecule has 100 valence electrons. The molecule has 2 aliphatic heterocycles. The quantitative estimate of drug-likeness (QED) is 0.753. The normalized spacial score (nSPS) is 32.8. The van der Waals surface area contributed by atoms with Crippen LogP contribution in [0, 0.1) is 11.8 Å². The molecular formula is C14H14O5. The van der Waals surface area contributed by atoms with Crippen LogP contribution in [-0.2, 0) is 19.0 Å². The highest BCUT2D eigenvalue weighted by molar-refractivity contribution is 5.89. The molecular weight excluding hydrogens is 248 g/mol. The third-order valence-corrected chi connectivity index (χ3v) is 3.62. The molecule has 0 aliphatic carbocycles. The Morgan fingerprint density at radius 1 is 1.32 bits per heavy atom. The van der Waals surface area contributed by atoms with Crippen LogP contribution >= 0.6 is 0 Å². The van der Waals surface area contributed by atoms with Crippen LogP contribution in [0.1, 0.15) is 17.3 Å². The summed E-state index contributed by atoms with van der Waals surface area (Å²) in [6.07, 6.45) is -1.00. The lowest BCUT2D eigenvalue weighted by atomic mass is 9.93. The molecule has 0 amide bonds. The topological polar surface area (TPSA) is 61.8 Å². The lowest BCUT2D eigenvalue weighted by molar-refractivity contribution is -0.149. The Kier molecular flexibility index (Phi) is 2.98. The molecule has 0 radical (unpaired) electrons. The fraction of sp³-hybridized carbons (Fsp3) is 0.429. The first-order valence-electron chi connectivity index (χ1n) is 6.25. The van der Waals surface area contributed by atoms with Gasteiger partial charge in [0.25, 0.3) is 0 Å². The highest BCUT2D eigenvalue weighted by Crippen LogP contribution is 2.38. The molecule has 2 saturated heterocycles. The van der Waals surface area contributed by atoms with Crippen molar-refractivity contribution in [3.05, 3.63) is 35.9 Å². The summed E-state index contributed by atoms with van der Waals surface area (Å²) in [4.78, 5) is 23.4. The van der Waals surface area contributed by atoms with Gasteiger partial charge >= 0.3 is 11.9 Å². The summed E-state index contributed by atoms with van der Waals surface area (Å²) in [6.45, 7) is 2.05. The summed E-state index contributed by atoms with van der Waals surface area (Å²) < 4.78 is 15.9. The van der Waals surface area contributed by atoms with E-state index >= 15 is 0 Å². The van der Waals surface area contributed by atoms with E-state index in [0.717, 1.165) is 0 Å². The number of fused-ring (bicyclic) bond motifs is 1. The second kappa shape index (κ2) is 4.66. The van der Waals surface area contributed by atoms with E-state index in [1.165, 1.54) is 0 Å². The average molecular weight is 262 g/mol. The number of benzene rings is 1. The second-order valence-corrected chi connectivity index (χ2v) is 4.81. The predicted octanol–water partition coefficient (Wildman–Crippen LogP) is 1.38. The molecule has 1 aromatic rings. The number of hydrogen-bond acceptors (Lipinski definition) is 5. The summed E-state index contributed by atoms with van der Waals surface area (Å²) in [5, 5.41) is 0. The van der Waals surface area contributed by atoms with E-state index in [-0.39, 0.29) is 30.5 Å². The van der Waals surface area contributed by atoms with Crippen molar-refractivity contribution < 1.29 is 23.8 Å². The fourth-order valence-corrected chi connectivity index (χ4v) is 2.53. The molecule has 2 fully saturated rings. The number of carbonyl (C=O) groups excluding carboxylic acids is 2. The largest absolute Gasteiger partial charge is 0.459 e. The van der Waals surface area contributed by atoms with Crippen molar-refractivity contribution in [2.24, 2.45) is 11.8 Å². The minimum Gasteiger partial charge on any atom is -0.459 e. The molecule has 5 nitrogen and oxygen atoms in total. The Balaban J connectivity index is 1.71. The Morgan fingerprint density at radius 2 is 2.05 bits per heavy atom. The van der Waals surface area contributed by atoms with Crippen molar-refractivity contribution in [2.75, 3.05) is 6.61 Å². The number of esters is 2. The molecule has 1 aromatic carbocycles. The van der Waals surface area contributed by atoms with Gasteiger partial charge in [-0.2, -0.15) is 0 Å². The summed E-state index contributed by atoms with van der Waals surface area (Å²) in [7, 11) is 0. The van der Waals surface area contributed by atoms with Gasteiger partial charge in [-0.1, -0.05) is 25.1 Å². The van der Waals surface area contributed by atoms with Gasteiger partial charge in [0.15, 0.2) is 0 Å². The van der Waals surface area contributed by atoms with Crippen LogP contribution in [-0.4, -0.2) is 30.9 Å². The van der Waals surface area contributed by atoms with Gasteiger partial charge in [0.05, 0.1) is 24.0 Å². The smallest absolute Gasteiger partial charge is 0.340 e. The van der Waals surface area contributed by atoms with Gasteiger partial charge in [0, 0.05) is 0 Å². The van der Waals surface area contributed by atoms with Crippen molar-refractivity contribution >= 4 is 11.9 Å². The minimum atomic E-state index is -0.709. The standard InChI is InChI=1S/C14H14O5/c1-8-11-10(18-12(8)15)7-17-14(11)19-13(16)9-5-3-2-4-6-9/h2-6,8,10-11,14H,7H2,1H3/t8?,10-,11+,14-/m0/s1. The van der Waals surface area contributed by atoms with Crippen LogP contribution in [0.5, 0.6) is 0 Å². The summed E-state index contributed by atoms with van der Waals surface area (Å²) >= 11 is 0. The zero-order valence-corrected chi connectivity index (χ0v) is 10.4. The fourth-order valence-electron chi connectivity index (χ4n) is 2.53. The van der Waals surface area contributed by atoms with Gasteiger partial charge in [-0.15, -0.1) is 0 Å². The van der Waals surface area contributed by atoms with Crippen molar-refractivity contribution in [1.82, 2.24) is 0 Å². The van der Waals surface area contributed by atoms with E-state index in [4.69, 9.17) is 14.2 Å². The van der Waals surface area contributed by atoms with Crippen LogP contribution in [0.15, 0.2) is 30.3 Å². The Hall–Kier alpha value is -1.88. The first kappa shape index (κ1) is 12.2. The van der Waals surface area contributed by atoms with Crippen molar-refractivity contribution in [3.63, 3.8) is 0 Å². The van der Waals surface area contributed by atoms with Gasteiger partial charge in [-0.25, -0.2) is 4.79 Å². The Bertz CT molecular complexity index is 498. The molecule has 19 heavy (non-hydrogen) atoms. The van der Waals surface area contributed by atoms with E-state index in [0.29, 0.717) is 5.56 Å². The first-order valence-corrected chi connectivity index (χ1v) is 6.25. The number of rotatable bonds is 2. The molecule has 0 saturated carbocycles. The molecule has 2 heterocycles. The Morgan fingerprint density at radius 3 is 2.79 bits per heavy atom. The van der Waals surface area contributed by atoms with E-state index < -0.39 is 12.3 Å². The lowest BCUT2D eigenvalue weighted by Crippen LogP contribution is -2.30. The van der Waals surface area contributed by atoms with Crippen LogP contribution < -0.4 is 0 Å². The zero-order valence-electron chi connectivity index (χ0n) is 10.4.